The smallest absolute Gasteiger partial charge is 0.225 e. The molecule has 1 aliphatic carbocycles. The van der Waals surface area contributed by atoms with E-state index in [9.17, 15) is 4.79 Å². The summed E-state index contributed by atoms with van der Waals surface area (Å²) < 4.78 is 1.94. The van der Waals surface area contributed by atoms with Gasteiger partial charge in [0.05, 0.1) is 0 Å². The van der Waals surface area contributed by atoms with Crippen LogP contribution in [0.1, 0.15) is 43.1 Å². The normalized spacial score (nSPS) is 24.5. The van der Waals surface area contributed by atoms with E-state index in [1.165, 1.54) is 5.56 Å². The largest absolute Gasteiger partial charge is 0.342 e. The van der Waals surface area contributed by atoms with Crippen molar-refractivity contribution in [3.8, 4) is 6.07 Å². The van der Waals surface area contributed by atoms with Crippen LogP contribution in [-0.4, -0.2) is 34.5 Å². The van der Waals surface area contributed by atoms with Crippen LogP contribution in [0.3, 0.4) is 0 Å². The predicted molar refractivity (Wildman–Crippen MR) is 88.6 cm³/mol. The van der Waals surface area contributed by atoms with Crippen LogP contribution in [-0.2, 0) is 18.4 Å². The fourth-order valence-corrected chi connectivity index (χ4v) is 3.53. The third kappa shape index (κ3) is 3.28. The number of nitrogens with zero attached hydrogens (tertiary/aromatic N) is 3. The highest BCUT2D eigenvalue weighted by atomic mass is 16.2. The molecule has 2 atom stereocenters. The topological polar surface area (TPSA) is 61.1 Å². The van der Waals surface area contributed by atoms with E-state index in [0.717, 1.165) is 44.6 Å². The van der Waals surface area contributed by atoms with E-state index in [1.54, 1.807) is 0 Å². The van der Waals surface area contributed by atoms with Gasteiger partial charge in [-0.1, -0.05) is 6.92 Å². The molecule has 5 heteroatoms. The maximum atomic E-state index is 12.2. The molecule has 2 fully saturated rings. The molecule has 0 aromatic carbocycles. The first-order chi connectivity index (χ1) is 11.0. The molecule has 1 saturated carbocycles. The lowest BCUT2D eigenvalue weighted by atomic mass is 9.93. The molecule has 1 saturated heterocycles. The molecule has 2 aliphatic rings. The minimum Gasteiger partial charge on any atom is -0.342 e. The van der Waals surface area contributed by atoms with Crippen LogP contribution in [0.5, 0.6) is 0 Å². The van der Waals surface area contributed by atoms with E-state index >= 15 is 0 Å². The molecule has 2 heterocycles. The van der Waals surface area contributed by atoms with Crippen molar-refractivity contribution >= 4 is 5.91 Å². The Kier molecular flexibility index (Phi) is 4.45. The van der Waals surface area contributed by atoms with Gasteiger partial charge < -0.3 is 14.8 Å². The number of amides is 1. The zero-order valence-electron chi connectivity index (χ0n) is 14.3. The number of aromatic nitrogens is 1. The molecule has 5 nitrogen and oxygen atoms in total. The summed E-state index contributed by atoms with van der Waals surface area (Å²) in [6, 6.07) is 4.63. The first kappa shape index (κ1) is 16.1. The van der Waals surface area contributed by atoms with Gasteiger partial charge in [-0.2, -0.15) is 5.26 Å². The van der Waals surface area contributed by atoms with Gasteiger partial charge in [0.1, 0.15) is 11.8 Å². The van der Waals surface area contributed by atoms with Gasteiger partial charge >= 0.3 is 0 Å². The van der Waals surface area contributed by atoms with Crippen molar-refractivity contribution < 1.29 is 4.79 Å². The van der Waals surface area contributed by atoms with E-state index in [0.29, 0.717) is 29.5 Å². The van der Waals surface area contributed by atoms with Crippen molar-refractivity contribution in [1.82, 2.24) is 14.8 Å². The summed E-state index contributed by atoms with van der Waals surface area (Å²) in [4.78, 5) is 14.2. The van der Waals surface area contributed by atoms with Crippen LogP contribution in [0, 0.1) is 30.1 Å². The summed E-state index contributed by atoms with van der Waals surface area (Å²) in [5, 5.41) is 12.8. The Bertz CT molecular complexity index is 638. The van der Waals surface area contributed by atoms with E-state index < -0.39 is 0 Å². The SMILES string of the molecule is Cc1c(CN[C@@H]2CCN(C(=O)C3CC3)C[C@H]2C)cc(C#N)n1C. The molecule has 0 unspecified atom stereocenters. The van der Waals surface area contributed by atoms with Gasteiger partial charge in [0.15, 0.2) is 0 Å². The van der Waals surface area contributed by atoms with E-state index in [2.05, 4.69) is 30.1 Å². The first-order valence-electron chi connectivity index (χ1n) is 8.58. The second-order valence-corrected chi connectivity index (χ2v) is 7.12. The lowest BCUT2D eigenvalue weighted by molar-refractivity contribution is -0.134. The summed E-state index contributed by atoms with van der Waals surface area (Å²) in [5.74, 6) is 1.15. The number of hydrogen-bond donors (Lipinski definition) is 1. The summed E-state index contributed by atoms with van der Waals surface area (Å²) in [5.41, 5.74) is 3.04. The summed E-state index contributed by atoms with van der Waals surface area (Å²) in [7, 11) is 1.93. The zero-order valence-corrected chi connectivity index (χ0v) is 14.3. The predicted octanol–water partition coefficient (Wildman–Crippen LogP) is 1.94. The molecular weight excluding hydrogens is 288 g/mol. The number of rotatable bonds is 4. The van der Waals surface area contributed by atoms with Gasteiger partial charge in [0, 0.05) is 44.3 Å². The molecule has 0 bridgehead atoms. The number of nitrogens with one attached hydrogen (secondary N) is 1. The molecule has 1 N–H and O–H groups in total. The minimum absolute atomic E-state index is 0.322. The lowest BCUT2D eigenvalue weighted by Crippen LogP contribution is -2.50. The van der Waals surface area contributed by atoms with Crippen LogP contribution in [0.25, 0.3) is 0 Å². The van der Waals surface area contributed by atoms with Gasteiger partial charge in [0.2, 0.25) is 5.91 Å². The molecule has 1 aromatic rings. The maximum absolute atomic E-state index is 12.2. The molecule has 23 heavy (non-hydrogen) atoms. The summed E-state index contributed by atoms with van der Waals surface area (Å²) in [6.45, 7) is 6.80. The van der Waals surface area contributed by atoms with Gasteiger partial charge in [-0.15, -0.1) is 0 Å². The van der Waals surface area contributed by atoms with Crippen LogP contribution in [0.4, 0.5) is 0 Å². The van der Waals surface area contributed by atoms with Gasteiger partial charge in [0.25, 0.3) is 0 Å². The van der Waals surface area contributed by atoms with E-state index in [1.807, 2.05) is 17.7 Å². The zero-order chi connectivity index (χ0) is 16.6. The molecule has 1 amide bonds. The van der Waals surface area contributed by atoms with Gasteiger partial charge in [-0.25, -0.2) is 0 Å². The fraction of sp³-hybridized carbons (Fsp3) is 0.667. The summed E-state index contributed by atoms with van der Waals surface area (Å²) >= 11 is 0. The number of carbonyl (C=O) groups is 1. The van der Waals surface area contributed by atoms with E-state index in [-0.39, 0.29) is 0 Å². The Morgan fingerprint density at radius 3 is 2.74 bits per heavy atom. The first-order valence-corrected chi connectivity index (χ1v) is 8.58. The van der Waals surface area contributed by atoms with Crippen LogP contribution in [0.2, 0.25) is 0 Å². The van der Waals surface area contributed by atoms with Crippen molar-refractivity contribution in [2.45, 2.75) is 45.7 Å². The van der Waals surface area contributed by atoms with E-state index in [4.69, 9.17) is 5.26 Å². The van der Waals surface area contributed by atoms with Crippen molar-refractivity contribution in [3.63, 3.8) is 0 Å². The Morgan fingerprint density at radius 1 is 1.43 bits per heavy atom. The van der Waals surface area contributed by atoms with Gasteiger partial charge in [-0.3, -0.25) is 4.79 Å². The molecule has 1 aromatic heterocycles. The molecule has 1 aliphatic heterocycles. The lowest BCUT2D eigenvalue weighted by Gasteiger charge is -2.37. The van der Waals surface area contributed by atoms with Gasteiger partial charge in [-0.05, 0) is 43.7 Å². The molecule has 0 spiro atoms. The Morgan fingerprint density at radius 2 is 2.17 bits per heavy atom. The van der Waals surface area contributed by atoms with Crippen molar-refractivity contribution in [2.24, 2.45) is 18.9 Å². The fourth-order valence-electron chi connectivity index (χ4n) is 3.53. The molecule has 124 valence electrons. The Hall–Kier alpha value is -1.80. The number of piperidine rings is 1. The Balaban J connectivity index is 1.55. The monoisotopic (exact) mass is 314 g/mol. The highest BCUT2D eigenvalue weighted by Crippen LogP contribution is 2.32. The van der Waals surface area contributed by atoms with Crippen molar-refractivity contribution in [3.05, 3.63) is 23.0 Å². The standard InChI is InChI=1S/C18H26N4O/c1-12-11-22(18(23)14-4-5-14)7-6-17(12)20-10-15-8-16(9-19)21(3)13(15)2/h8,12,14,17,20H,4-7,10-11H2,1-3H3/t12-,17-/m1/s1. The Labute approximate surface area is 138 Å². The molecule has 3 rings (SSSR count). The average molecular weight is 314 g/mol. The second-order valence-electron chi connectivity index (χ2n) is 7.12. The van der Waals surface area contributed by atoms with Crippen LogP contribution >= 0.6 is 0 Å². The average Bonchev–Trinajstić information content (AvgIpc) is 3.35. The van der Waals surface area contributed by atoms with Crippen molar-refractivity contribution in [1.29, 1.82) is 5.26 Å². The third-order valence-electron chi connectivity index (χ3n) is 5.45. The summed E-state index contributed by atoms with van der Waals surface area (Å²) in [6.07, 6.45) is 3.18. The molecular formula is C18H26N4O. The van der Waals surface area contributed by atoms with Crippen LogP contribution < -0.4 is 5.32 Å². The number of likely N-dealkylation sites (tertiary alicyclic amines) is 1. The third-order valence-corrected chi connectivity index (χ3v) is 5.45. The quantitative estimate of drug-likeness (QED) is 0.924. The minimum atomic E-state index is 0.322. The van der Waals surface area contributed by atoms with Crippen LogP contribution in [0.15, 0.2) is 6.07 Å². The van der Waals surface area contributed by atoms with Crippen molar-refractivity contribution in [2.75, 3.05) is 13.1 Å². The number of hydrogen-bond acceptors (Lipinski definition) is 3. The highest BCUT2D eigenvalue weighted by Gasteiger charge is 2.36. The maximum Gasteiger partial charge on any atom is 0.225 e. The molecule has 0 radical (unpaired) electrons. The second kappa shape index (κ2) is 6.37. The highest BCUT2D eigenvalue weighted by molar-refractivity contribution is 5.81. The number of carbonyl (C=O) groups excluding carboxylic acids is 1. The number of nitriles is 1.